The number of piperidine rings is 1. The van der Waals surface area contributed by atoms with Gasteiger partial charge in [-0.25, -0.2) is 18.2 Å². The highest BCUT2D eigenvalue weighted by atomic mass is 32.2. The molecule has 0 aliphatic carbocycles. The number of imidazole rings is 1. The monoisotopic (exact) mass is 435 g/mol. The van der Waals surface area contributed by atoms with Gasteiger partial charge in [0.15, 0.2) is 11.4 Å². The summed E-state index contributed by atoms with van der Waals surface area (Å²) in [6.07, 6.45) is 2.33. The molecule has 4 rings (SSSR count). The Morgan fingerprint density at radius 2 is 2.00 bits per heavy atom. The maximum atomic E-state index is 13.0. The number of carbonyl (C=O) groups is 1. The van der Waals surface area contributed by atoms with Crippen molar-refractivity contribution in [3.8, 4) is 0 Å². The van der Waals surface area contributed by atoms with E-state index in [-0.39, 0.29) is 29.8 Å². The van der Waals surface area contributed by atoms with Crippen molar-refractivity contribution in [2.75, 3.05) is 13.1 Å². The lowest BCUT2D eigenvalue weighted by Gasteiger charge is -2.31. The Balaban J connectivity index is 1.64. The van der Waals surface area contributed by atoms with Crippen molar-refractivity contribution in [2.45, 2.75) is 44.2 Å². The van der Waals surface area contributed by atoms with Gasteiger partial charge in [-0.2, -0.15) is 4.31 Å². The van der Waals surface area contributed by atoms with Crippen LogP contribution in [0.1, 0.15) is 30.3 Å². The number of hydrogen-bond donors (Lipinski definition) is 1. The minimum Gasteiger partial charge on any atom is -0.480 e. The molecule has 1 fully saturated rings. The van der Waals surface area contributed by atoms with E-state index in [2.05, 4.69) is 10.1 Å². The molecule has 11 nitrogen and oxygen atoms in total. The minimum atomic E-state index is -3.76. The predicted octanol–water partition coefficient (Wildman–Crippen LogP) is 0.913. The van der Waals surface area contributed by atoms with Crippen LogP contribution >= 0.6 is 0 Å². The summed E-state index contributed by atoms with van der Waals surface area (Å²) in [7, 11) is -3.76. The molecule has 0 radical (unpaired) electrons. The number of hydrogen-bond acceptors (Lipinski definition) is 7. The Bertz CT molecular complexity index is 1260. The SMILES string of the molecule is Cc1noc(C)c1S(=O)(=O)N1CCC(n2c(=O)n(CC(=O)O)c3cccnc32)CC1. The molecule has 4 heterocycles. The molecule has 0 saturated carbocycles. The number of fused-ring (bicyclic) bond motifs is 1. The second kappa shape index (κ2) is 7.36. The lowest BCUT2D eigenvalue weighted by molar-refractivity contribution is -0.137. The highest BCUT2D eigenvalue weighted by Crippen LogP contribution is 2.30. The molecule has 0 atom stereocenters. The molecule has 3 aromatic rings. The maximum Gasteiger partial charge on any atom is 0.331 e. The Hall–Kier alpha value is -2.99. The summed E-state index contributed by atoms with van der Waals surface area (Å²) in [5.41, 5.74) is 0.691. The summed E-state index contributed by atoms with van der Waals surface area (Å²) >= 11 is 0. The van der Waals surface area contributed by atoms with Crippen molar-refractivity contribution < 1.29 is 22.8 Å². The summed E-state index contributed by atoms with van der Waals surface area (Å²) in [6.45, 7) is 3.10. The van der Waals surface area contributed by atoms with E-state index >= 15 is 0 Å². The molecular formula is C18H21N5O6S. The van der Waals surface area contributed by atoms with Crippen LogP contribution in [0.2, 0.25) is 0 Å². The van der Waals surface area contributed by atoms with Gasteiger partial charge >= 0.3 is 11.7 Å². The van der Waals surface area contributed by atoms with E-state index in [0.717, 1.165) is 0 Å². The first-order valence-corrected chi connectivity index (χ1v) is 10.9. The maximum absolute atomic E-state index is 13.0. The van der Waals surface area contributed by atoms with Crippen LogP contribution in [-0.4, -0.2) is 56.2 Å². The number of aromatic nitrogens is 4. The molecule has 3 aromatic heterocycles. The van der Waals surface area contributed by atoms with Crippen LogP contribution in [0.25, 0.3) is 11.2 Å². The van der Waals surface area contributed by atoms with Gasteiger partial charge < -0.3 is 9.63 Å². The number of sulfonamides is 1. The molecule has 30 heavy (non-hydrogen) atoms. The van der Waals surface area contributed by atoms with Crippen LogP contribution in [0, 0.1) is 13.8 Å². The largest absolute Gasteiger partial charge is 0.480 e. The summed E-state index contributed by atoms with van der Waals surface area (Å²) in [6, 6.07) is 3.00. The van der Waals surface area contributed by atoms with Gasteiger partial charge in [-0.1, -0.05) is 5.16 Å². The molecule has 0 bridgehead atoms. The van der Waals surface area contributed by atoms with Gasteiger partial charge in [0.25, 0.3) is 0 Å². The first kappa shape index (κ1) is 20.3. The number of aliphatic carboxylic acids is 1. The summed E-state index contributed by atoms with van der Waals surface area (Å²) in [5.74, 6) is -0.882. The third-order valence-corrected chi connectivity index (χ3v) is 7.51. The van der Waals surface area contributed by atoms with Crippen molar-refractivity contribution in [1.82, 2.24) is 23.6 Å². The van der Waals surface area contributed by atoms with Crippen LogP contribution in [0.15, 0.2) is 32.5 Å². The van der Waals surface area contributed by atoms with Crippen molar-refractivity contribution in [2.24, 2.45) is 0 Å². The zero-order chi connectivity index (χ0) is 21.6. The number of rotatable bonds is 5. The van der Waals surface area contributed by atoms with Crippen molar-refractivity contribution in [1.29, 1.82) is 0 Å². The molecule has 0 unspecified atom stereocenters. The van der Waals surface area contributed by atoms with Crippen molar-refractivity contribution >= 4 is 27.2 Å². The summed E-state index contributed by atoms with van der Waals surface area (Å²) < 4.78 is 35.1. The molecule has 12 heteroatoms. The molecule has 0 aromatic carbocycles. The molecule has 1 aliphatic rings. The van der Waals surface area contributed by atoms with Gasteiger partial charge in [-0.15, -0.1) is 0 Å². The van der Waals surface area contributed by atoms with Crippen LogP contribution in [0.3, 0.4) is 0 Å². The highest BCUT2D eigenvalue weighted by molar-refractivity contribution is 7.89. The molecule has 0 amide bonds. The van der Waals surface area contributed by atoms with E-state index in [1.807, 2.05) is 0 Å². The van der Waals surface area contributed by atoms with Gasteiger partial charge in [0, 0.05) is 25.3 Å². The van der Waals surface area contributed by atoms with Crippen LogP contribution in [0.5, 0.6) is 0 Å². The van der Waals surface area contributed by atoms with E-state index in [4.69, 9.17) is 9.63 Å². The second-order valence-corrected chi connectivity index (χ2v) is 9.14. The van der Waals surface area contributed by atoms with Crippen LogP contribution in [0.4, 0.5) is 0 Å². The van der Waals surface area contributed by atoms with Gasteiger partial charge in [-0.05, 0) is 38.8 Å². The Labute approximate surface area is 171 Å². The van der Waals surface area contributed by atoms with Gasteiger partial charge in [0.05, 0.1) is 5.52 Å². The molecule has 160 valence electrons. The van der Waals surface area contributed by atoms with Crippen molar-refractivity contribution in [3.05, 3.63) is 40.3 Å². The normalized spacial score (nSPS) is 16.3. The first-order valence-electron chi connectivity index (χ1n) is 9.42. The Morgan fingerprint density at radius 1 is 1.30 bits per heavy atom. The highest BCUT2D eigenvalue weighted by Gasteiger charge is 2.35. The van der Waals surface area contributed by atoms with Gasteiger partial charge in [-0.3, -0.25) is 13.9 Å². The number of carboxylic acids is 1. The fourth-order valence-corrected chi connectivity index (χ4v) is 5.80. The zero-order valence-electron chi connectivity index (χ0n) is 16.5. The molecule has 0 spiro atoms. The molecular weight excluding hydrogens is 414 g/mol. The van der Waals surface area contributed by atoms with Gasteiger partial charge in [0.2, 0.25) is 10.0 Å². The number of carboxylic acid groups (broad SMARTS) is 1. The first-order chi connectivity index (χ1) is 14.2. The van der Waals surface area contributed by atoms with Crippen molar-refractivity contribution in [3.63, 3.8) is 0 Å². The average molecular weight is 435 g/mol. The fraction of sp³-hybridized carbons (Fsp3) is 0.444. The average Bonchev–Trinajstić information content (AvgIpc) is 3.18. The lowest BCUT2D eigenvalue weighted by Crippen LogP contribution is -2.41. The lowest BCUT2D eigenvalue weighted by atomic mass is 10.1. The van der Waals surface area contributed by atoms with E-state index in [1.54, 1.807) is 32.2 Å². The zero-order valence-corrected chi connectivity index (χ0v) is 17.3. The topological polar surface area (TPSA) is 141 Å². The second-order valence-electron chi connectivity index (χ2n) is 7.27. The third-order valence-electron chi connectivity index (χ3n) is 5.37. The third kappa shape index (κ3) is 3.21. The van der Waals surface area contributed by atoms with E-state index < -0.39 is 28.2 Å². The quantitative estimate of drug-likeness (QED) is 0.624. The predicted molar refractivity (Wildman–Crippen MR) is 105 cm³/mol. The van der Waals surface area contributed by atoms with Crippen LogP contribution in [-0.2, 0) is 21.4 Å². The summed E-state index contributed by atoms with van der Waals surface area (Å²) in [5, 5.41) is 12.9. The molecule has 1 saturated heterocycles. The molecule has 1 N–H and O–H groups in total. The number of nitrogens with zero attached hydrogens (tertiary/aromatic N) is 5. The fourth-order valence-electron chi connectivity index (χ4n) is 4.04. The molecule has 1 aliphatic heterocycles. The van der Waals surface area contributed by atoms with Crippen LogP contribution < -0.4 is 5.69 Å². The van der Waals surface area contributed by atoms with E-state index in [9.17, 15) is 18.0 Å². The smallest absolute Gasteiger partial charge is 0.331 e. The Kier molecular flexibility index (Phi) is 4.98. The standard InChI is InChI=1S/C18H21N5O6S/c1-11-16(12(2)29-20-11)30(27,28)21-8-5-13(6-9-21)23-17-14(4-3-7-19-17)22(18(23)26)10-15(24)25/h3-4,7,13H,5-6,8-10H2,1-2H3,(H,24,25). The Morgan fingerprint density at radius 3 is 2.60 bits per heavy atom. The number of aryl methyl sites for hydroxylation is 2. The van der Waals surface area contributed by atoms with E-state index in [1.165, 1.54) is 13.4 Å². The summed E-state index contributed by atoms with van der Waals surface area (Å²) in [4.78, 5) is 28.5. The number of pyridine rings is 1. The van der Waals surface area contributed by atoms with Gasteiger partial charge in [0.1, 0.15) is 17.1 Å². The minimum absolute atomic E-state index is 0.0813. The van der Waals surface area contributed by atoms with E-state index in [0.29, 0.717) is 29.7 Å².